The molecule has 3 heteroatoms. The maximum absolute atomic E-state index is 13.5. The van der Waals surface area contributed by atoms with Crippen molar-refractivity contribution in [2.75, 3.05) is 0 Å². The van der Waals surface area contributed by atoms with E-state index in [0.717, 1.165) is 18.4 Å². The molecule has 0 nitrogen and oxygen atoms in total. The molecule has 1 saturated carbocycles. The van der Waals surface area contributed by atoms with Crippen LogP contribution in [0.1, 0.15) is 37.7 Å². The highest BCUT2D eigenvalue weighted by Gasteiger charge is 2.19. The van der Waals surface area contributed by atoms with Gasteiger partial charge in [-0.3, -0.25) is 0 Å². The van der Waals surface area contributed by atoms with Crippen molar-refractivity contribution in [1.82, 2.24) is 0 Å². The lowest BCUT2D eigenvalue weighted by Gasteiger charge is -2.15. The zero-order valence-electron chi connectivity index (χ0n) is 9.76. The maximum Gasteiger partial charge on any atom is 0.129 e. The van der Waals surface area contributed by atoms with E-state index in [1.165, 1.54) is 31.7 Å². The van der Waals surface area contributed by atoms with Crippen molar-refractivity contribution in [3.8, 4) is 0 Å². The lowest BCUT2D eigenvalue weighted by atomic mass is 9.98. The van der Waals surface area contributed by atoms with Crippen LogP contribution in [0.3, 0.4) is 0 Å². The molecule has 0 aromatic heterocycles. The lowest BCUT2D eigenvalue weighted by molar-refractivity contribution is 0.490. The molecule has 0 heterocycles. The van der Waals surface area contributed by atoms with Crippen molar-refractivity contribution in [1.29, 1.82) is 0 Å². The Morgan fingerprint density at radius 1 is 1.24 bits per heavy atom. The van der Waals surface area contributed by atoms with Gasteiger partial charge in [-0.05, 0) is 30.4 Å². The average Bonchev–Trinajstić information content (AvgIpc) is 2.75. The zero-order chi connectivity index (χ0) is 12.3. The molecule has 1 unspecified atom stereocenters. The Balaban J connectivity index is 1.90. The summed E-state index contributed by atoms with van der Waals surface area (Å²) in [6.07, 6.45) is 6.99. The molecule has 0 radical (unpaired) electrons. The quantitative estimate of drug-likeness (QED) is 0.697. The Labute approximate surface area is 110 Å². The number of halogens is 3. The molecule has 1 aromatic carbocycles. The molecule has 1 aromatic rings. The molecule has 1 aliphatic carbocycles. The van der Waals surface area contributed by atoms with E-state index in [9.17, 15) is 8.78 Å². The van der Waals surface area contributed by atoms with E-state index in [-0.39, 0.29) is 0 Å². The van der Waals surface area contributed by atoms with Crippen LogP contribution in [-0.2, 0) is 6.42 Å². The fraction of sp³-hybridized carbons (Fsp3) is 0.571. The minimum atomic E-state index is -0.506. The van der Waals surface area contributed by atoms with Gasteiger partial charge in [0.05, 0.1) is 0 Å². The van der Waals surface area contributed by atoms with Crippen LogP contribution in [0, 0.1) is 17.6 Å². The van der Waals surface area contributed by atoms with E-state index in [1.807, 2.05) is 0 Å². The van der Waals surface area contributed by atoms with Crippen LogP contribution in [0.5, 0.6) is 0 Å². The van der Waals surface area contributed by atoms with E-state index in [2.05, 4.69) is 15.9 Å². The predicted octanol–water partition coefficient (Wildman–Crippen LogP) is 4.85. The topological polar surface area (TPSA) is 0 Å². The van der Waals surface area contributed by atoms with Crippen molar-refractivity contribution in [2.24, 2.45) is 5.92 Å². The summed E-state index contributed by atoms with van der Waals surface area (Å²) >= 11 is 3.62. The number of hydrogen-bond acceptors (Lipinski definition) is 0. The number of alkyl halides is 1. The first-order valence-electron chi connectivity index (χ1n) is 6.23. The normalized spacial score (nSPS) is 18.5. The van der Waals surface area contributed by atoms with Crippen molar-refractivity contribution in [3.05, 3.63) is 35.4 Å². The largest absolute Gasteiger partial charge is 0.207 e. The molecule has 17 heavy (non-hydrogen) atoms. The summed E-state index contributed by atoms with van der Waals surface area (Å²) in [5.41, 5.74) is 0.603. The summed E-state index contributed by atoms with van der Waals surface area (Å²) < 4.78 is 26.2. The molecule has 0 aliphatic heterocycles. The Hall–Kier alpha value is -0.440. The molecule has 0 spiro atoms. The van der Waals surface area contributed by atoms with E-state index < -0.39 is 11.6 Å². The third-order valence-corrected chi connectivity index (χ3v) is 4.22. The molecule has 0 N–H and O–H groups in total. The highest BCUT2D eigenvalue weighted by Crippen LogP contribution is 2.31. The SMILES string of the molecule is Fc1ccc(CC(Br)CC2CCCC2)c(F)c1. The van der Waals surface area contributed by atoms with Gasteiger partial charge in [-0.1, -0.05) is 47.7 Å². The molecule has 0 amide bonds. The molecule has 0 bridgehead atoms. The second-order valence-corrected chi connectivity index (χ2v) is 6.22. The van der Waals surface area contributed by atoms with Gasteiger partial charge in [0.2, 0.25) is 0 Å². The van der Waals surface area contributed by atoms with E-state index in [4.69, 9.17) is 0 Å². The summed E-state index contributed by atoms with van der Waals surface area (Å²) in [6, 6.07) is 3.84. The van der Waals surface area contributed by atoms with E-state index in [0.29, 0.717) is 16.8 Å². The molecule has 1 atom stereocenters. The van der Waals surface area contributed by atoms with Crippen LogP contribution in [0.25, 0.3) is 0 Å². The minimum absolute atomic E-state index is 0.297. The fourth-order valence-electron chi connectivity index (χ4n) is 2.62. The monoisotopic (exact) mass is 302 g/mol. The van der Waals surface area contributed by atoms with Crippen LogP contribution in [0.4, 0.5) is 8.78 Å². The average molecular weight is 303 g/mol. The van der Waals surface area contributed by atoms with Gasteiger partial charge in [0.15, 0.2) is 0 Å². The second-order valence-electron chi connectivity index (χ2n) is 4.92. The molecule has 1 aliphatic rings. The highest BCUT2D eigenvalue weighted by molar-refractivity contribution is 9.09. The van der Waals surface area contributed by atoms with Crippen LogP contribution in [0.2, 0.25) is 0 Å². The Morgan fingerprint density at radius 3 is 2.59 bits per heavy atom. The highest BCUT2D eigenvalue weighted by atomic mass is 79.9. The fourth-order valence-corrected chi connectivity index (χ4v) is 3.49. The van der Waals surface area contributed by atoms with Crippen LogP contribution < -0.4 is 0 Å². The predicted molar refractivity (Wildman–Crippen MR) is 69.4 cm³/mol. The molecule has 94 valence electrons. The summed E-state index contributed by atoms with van der Waals surface area (Å²) in [5, 5.41) is 0. The van der Waals surface area contributed by atoms with Gasteiger partial charge in [0.25, 0.3) is 0 Å². The second kappa shape index (κ2) is 5.94. The van der Waals surface area contributed by atoms with E-state index >= 15 is 0 Å². The summed E-state index contributed by atoms with van der Waals surface area (Å²) in [4.78, 5) is 0.297. The summed E-state index contributed by atoms with van der Waals surface area (Å²) in [5.74, 6) is -0.156. The number of rotatable bonds is 4. The molecule has 2 rings (SSSR count). The van der Waals surface area contributed by atoms with Crippen molar-refractivity contribution < 1.29 is 8.78 Å². The Morgan fingerprint density at radius 2 is 1.94 bits per heavy atom. The Bertz CT molecular complexity index is 372. The van der Waals surface area contributed by atoms with Gasteiger partial charge in [0, 0.05) is 10.9 Å². The smallest absolute Gasteiger partial charge is 0.129 e. The van der Waals surface area contributed by atoms with Gasteiger partial charge in [-0.15, -0.1) is 0 Å². The van der Waals surface area contributed by atoms with Gasteiger partial charge in [-0.25, -0.2) is 8.78 Å². The third-order valence-electron chi connectivity index (χ3n) is 3.52. The molecular formula is C14H17BrF2. The van der Waals surface area contributed by atoms with Gasteiger partial charge in [0.1, 0.15) is 11.6 Å². The van der Waals surface area contributed by atoms with Crippen LogP contribution in [0.15, 0.2) is 18.2 Å². The zero-order valence-corrected chi connectivity index (χ0v) is 11.3. The molecular weight excluding hydrogens is 286 g/mol. The van der Waals surface area contributed by atoms with E-state index in [1.54, 1.807) is 6.07 Å². The first kappa shape index (κ1) is 13.0. The lowest BCUT2D eigenvalue weighted by Crippen LogP contribution is -2.09. The van der Waals surface area contributed by atoms with Gasteiger partial charge >= 0.3 is 0 Å². The standard InChI is InChI=1S/C14H17BrF2/c15-12(7-10-3-1-2-4-10)8-11-5-6-13(16)9-14(11)17/h5-6,9-10,12H,1-4,7-8H2. The molecule has 1 fully saturated rings. The summed E-state index contributed by atoms with van der Waals surface area (Å²) in [7, 11) is 0. The van der Waals surface area contributed by atoms with Crippen molar-refractivity contribution >= 4 is 15.9 Å². The van der Waals surface area contributed by atoms with Crippen LogP contribution in [-0.4, -0.2) is 4.83 Å². The maximum atomic E-state index is 13.5. The number of hydrogen-bond donors (Lipinski definition) is 0. The Kier molecular flexibility index (Phi) is 4.55. The van der Waals surface area contributed by atoms with Gasteiger partial charge < -0.3 is 0 Å². The van der Waals surface area contributed by atoms with Gasteiger partial charge in [-0.2, -0.15) is 0 Å². The van der Waals surface area contributed by atoms with Crippen molar-refractivity contribution in [2.45, 2.75) is 43.4 Å². The third kappa shape index (κ3) is 3.77. The first-order chi connectivity index (χ1) is 8.15. The summed E-state index contributed by atoms with van der Waals surface area (Å²) in [6.45, 7) is 0. The number of benzene rings is 1. The van der Waals surface area contributed by atoms with Crippen molar-refractivity contribution in [3.63, 3.8) is 0 Å². The molecule has 0 saturated heterocycles. The minimum Gasteiger partial charge on any atom is -0.207 e. The van der Waals surface area contributed by atoms with Crippen LogP contribution >= 0.6 is 15.9 Å². The first-order valence-corrected chi connectivity index (χ1v) is 7.14.